The molecule has 0 radical (unpaired) electrons. The standard InChI is InChI=1S/C13H20O/c1-6-10-8-11(14)7-9(2)12(10)13(3,4)5/h7-8,14H,6H2,1-5H3/p-1. The molecule has 0 fully saturated rings. The fraction of sp³-hybridized carbons (Fsp3) is 0.538. The van der Waals surface area contributed by atoms with Gasteiger partial charge in [0.25, 0.3) is 0 Å². The summed E-state index contributed by atoms with van der Waals surface area (Å²) in [7, 11) is 0. The lowest BCUT2D eigenvalue weighted by molar-refractivity contribution is -0.268. The Balaban J connectivity index is 3.40. The van der Waals surface area contributed by atoms with Gasteiger partial charge in [-0.15, -0.1) is 5.75 Å². The zero-order valence-corrected chi connectivity index (χ0v) is 9.77. The van der Waals surface area contributed by atoms with Crippen molar-refractivity contribution >= 4 is 0 Å². The Morgan fingerprint density at radius 1 is 1.21 bits per heavy atom. The van der Waals surface area contributed by atoms with E-state index < -0.39 is 0 Å². The van der Waals surface area contributed by atoms with Crippen molar-refractivity contribution in [3.8, 4) is 5.75 Å². The summed E-state index contributed by atoms with van der Waals surface area (Å²) in [5.41, 5.74) is 3.78. The van der Waals surface area contributed by atoms with E-state index in [2.05, 4.69) is 27.7 Å². The van der Waals surface area contributed by atoms with Crippen LogP contribution in [0.15, 0.2) is 12.1 Å². The Labute approximate surface area is 86.8 Å². The fourth-order valence-electron chi connectivity index (χ4n) is 2.18. The molecule has 0 spiro atoms. The fourth-order valence-corrected chi connectivity index (χ4v) is 2.18. The first-order chi connectivity index (χ1) is 6.36. The molecule has 1 heteroatoms. The minimum Gasteiger partial charge on any atom is -0.872 e. The topological polar surface area (TPSA) is 23.1 Å². The van der Waals surface area contributed by atoms with Crippen molar-refractivity contribution in [3.63, 3.8) is 0 Å². The van der Waals surface area contributed by atoms with Crippen LogP contribution in [0.4, 0.5) is 0 Å². The van der Waals surface area contributed by atoms with Crippen LogP contribution in [0.5, 0.6) is 5.75 Å². The molecular weight excluding hydrogens is 172 g/mol. The quantitative estimate of drug-likeness (QED) is 0.669. The zero-order valence-electron chi connectivity index (χ0n) is 9.77. The van der Waals surface area contributed by atoms with Gasteiger partial charge in [0.15, 0.2) is 0 Å². The second-order valence-corrected chi connectivity index (χ2v) is 4.88. The van der Waals surface area contributed by atoms with E-state index in [-0.39, 0.29) is 11.2 Å². The molecule has 1 aromatic carbocycles. The van der Waals surface area contributed by atoms with Crippen LogP contribution < -0.4 is 5.11 Å². The van der Waals surface area contributed by atoms with Gasteiger partial charge in [-0.3, -0.25) is 0 Å². The van der Waals surface area contributed by atoms with Crippen LogP contribution in [0.3, 0.4) is 0 Å². The van der Waals surface area contributed by atoms with Crippen LogP contribution in [-0.2, 0) is 11.8 Å². The van der Waals surface area contributed by atoms with Crippen LogP contribution in [-0.4, -0.2) is 0 Å². The molecule has 0 N–H and O–H groups in total. The summed E-state index contributed by atoms with van der Waals surface area (Å²) in [4.78, 5) is 0. The highest BCUT2D eigenvalue weighted by atomic mass is 16.3. The van der Waals surface area contributed by atoms with Crippen LogP contribution in [0, 0.1) is 6.92 Å². The van der Waals surface area contributed by atoms with E-state index in [1.165, 1.54) is 11.1 Å². The molecule has 0 unspecified atom stereocenters. The van der Waals surface area contributed by atoms with Crippen molar-refractivity contribution in [2.75, 3.05) is 0 Å². The number of hydrogen-bond acceptors (Lipinski definition) is 1. The van der Waals surface area contributed by atoms with Crippen LogP contribution >= 0.6 is 0 Å². The summed E-state index contributed by atoms with van der Waals surface area (Å²) in [5.74, 6) is 0.132. The largest absolute Gasteiger partial charge is 0.872 e. The SMILES string of the molecule is CCc1cc([O-])cc(C)c1C(C)(C)C. The number of benzene rings is 1. The summed E-state index contributed by atoms with van der Waals surface area (Å²) in [6, 6.07) is 3.51. The molecule has 0 aliphatic carbocycles. The number of aryl methyl sites for hydroxylation is 2. The van der Waals surface area contributed by atoms with Gasteiger partial charge < -0.3 is 5.11 Å². The van der Waals surface area contributed by atoms with Gasteiger partial charge in [0.05, 0.1) is 0 Å². The van der Waals surface area contributed by atoms with Crippen LogP contribution in [0.25, 0.3) is 0 Å². The monoisotopic (exact) mass is 191 g/mol. The summed E-state index contributed by atoms with van der Waals surface area (Å²) < 4.78 is 0. The first kappa shape index (κ1) is 11.1. The molecule has 0 aliphatic rings. The van der Waals surface area contributed by atoms with Crippen molar-refractivity contribution in [1.29, 1.82) is 0 Å². The average molecular weight is 191 g/mol. The molecule has 0 aromatic heterocycles. The number of rotatable bonds is 1. The lowest BCUT2D eigenvalue weighted by atomic mass is 9.80. The first-order valence-corrected chi connectivity index (χ1v) is 5.17. The van der Waals surface area contributed by atoms with Gasteiger partial charge in [-0.05, 0) is 35.4 Å². The maximum Gasteiger partial charge on any atom is -0.0127 e. The summed E-state index contributed by atoms with van der Waals surface area (Å²) >= 11 is 0. The van der Waals surface area contributed by atoms with Gasteiger partial charge in [0, 0.05) is 0 Å². The van der Waals surface area contributed by atoms with Crippen LogP contribution in [0.2, 0.25) is 0 Å². The molecule has 1 aromatic rings. The van der Waals surface area contributed by atoms with E-state index in [9.17, 15) is 5.11 Å². The molecule has 0 bridgehead atoms. The third kappa shape index (κ3) is 2.09. The van der Waals surface area contributed by atoms with E-state index in [1.807, 2.05) is 6.92 Å². The smallest absolute Gasteiger partial charge is 0.0127 e. The molecular formula is C13H19O-. The van der Waals surface area contributed by atoms with Crippen molar-refractivity contribution in [2.45, 2.75) is 46.5 Å². The van der Waals surface area contributed by atoms with E-state index in [0.717, 1.165) is 12.0 Å². The van der Waals surface area contributed by atoms with Gasteiger partial charge in [0.1, 0.15) is 0 Å². The molecule has 0 heterocycles. The maximum atomic E-state index is 11.3. The first-order valence-electron chi connectivity index (χ1n) is 5.17. The van der Waals surface area contributed by atoms with Gasteiger partial charge in [-0.2, -0.15) is 0 Å². The molecule has 1 rings (SSSR count). The van der Waals surface area contributed by atoms with Crippen molar-refractivity contribution in [3.05, 3.63) is 28.8 Å². The summed E-state index contributed by atoms with van der Waals surface area (Å²) in [6.07, 6.45) is 0.934. The molecule has 0 atom stereocenters. The highest BCUT2D eigenvalue weighted by Gasteiger charge is 2.19. The summed E-state index contributed by atoms with van der Waals surface area (Å²) in [5, 5.41) is 11.3. The lowest BCUT2D eigenvalue weighted by Crippen LogP contribution is -2.16. The number of hydrogen-bond donors (Lipinski definition) is 0. The molecule has 0 saturated carbocycles. The zero-order chi connectivity index (χ0) is 10.9. The Hall–Kier alpha value is -0.980. The Morgan fingerprint density at radius 3 is 2.21 bits per heavy atom. The predicted octanol–water partition coefficient (Wildman–Crippen LogP) is 2.93. The predicted molar refractivity (Wildman–Crippen MR) is 58.7 cm³/mol. The van der Waals surface area contributed by atoms with Crippen molar-refractivity contribution in [2.24, 2.45) is 0 Å². The highest BCUT2D eigenvalue weighted by molar-refractivity contribution is 5.44. The lowest BCUT2D eigenvalue weighted by Gasteiger charge is -2.27. The van der Waals surface area contributed by atoms with Gasteiger partial charge in [-0.1, -0.05) is 39.8 Å². The second kappa shape index (κ2) is 3.64. The minimum atomic E-state index is 0.128. The molecule has 0 aliphatic heterocycles. The molecule has 14 heavy (non-hydrogen) atoms. The van der Waals surface area contributed by atoms with Crippen molar-refractivity contribution < 1.29 is 5.11 Å². The Bertz CT molecular complexity index is 332. The highest BCUT2D eigenvalue weighted by Crippen LogP contribution is 2.31. The van der Waals surface area contributed by atoms with Gasteiger partial charge in [-0.25, -0.2) is 0 Å². The van der Waals surface area contributed by atoms with E-state index in [0.29, 0.717) is 0 Å². The van der Waals surface area contributed by atoms with E-state index in [4.69, 9.17) is 0 Å². The average Bonchev–Trinajstić information content (AvgIpc) is 1.99. The van der Waals surface area contributed by atoms with Crippen LogP contribution in [0.1, 0.15) is 44.4 Å². The van der Waals surface area contributed by atoms with E-state index >= 15 is 0 Å². The molecule has 78 valence electrons. The molecule has 1 nitrogen and oxygen atoms in total. The van der Waals surface area contributed by atoms with Gasteiger partial charge in [0.2, 0.25) is 0 Å². The second-order valence-electron chi connectivity index (χ2n) is 4.88. The Morgan fingerprint density at radius 2 is 1.79 bits per heavy atom. The molecule has 0 amide bonds. The third-order valence-electron chi connectivity index (χ3n) is 2.52. The van der Waals surface area contributed by atoms with E-state index in [1.54, 1.807) is 12.1 Å². The Kier molecular flexibility index (Phi) is 2.89. The maximum absolute atomic E-state index is 11.3. The summed E-state index contributed by atoms with van der Waals surface area (Å²) in [6.45, 7) is 10.7. The van der Waals surface area contributed by atoms with Crippen molar-refractivity contribution in [1.82, 2.24) is 0 Å². The normalized spacial score (nSPS) is 11.8. The third-order valence-corrected chi connectivity index (χ3v) is 2.52. The molecule has 0 saturated heterocycles. The van der Waals surface area contributed by atoms with Gasteiger partial charge >= 0.3 is 0 Å². The minimum absolute atomic E-state index is 0.128.